The normalized spacial score (nSPS) is 36.1. The van der Waals surface area contributed by atoms with Gasteiger partial charge in [-0.1, -0.05) is 30.7 Å². The van der Waals surface area contributed by atoms with Crippen LogP contribution in [0, 0.1) is 11.3 Å². The molecule has 7 nitrogen and oxygen atoms in total. The van der Waals surface area contributed by atoms with Crippen LogP contribution in [0.2, 0.25) is 0 Å². The molecule has 0 aromatic carbocycles. The van der Waals surface area contributed by atoms with E-state index >= 15 is 0 Å². The molecular weight excluding hydrogens is 424 g/mol. The monoisotopic (exact) mass is 462 g/mol. The van der Waals surface area contributed by atoms with Gasteiger partial charge in [-0.25, -0.2) is 9.68 Å². The van der Waals surface area contributed by atoms with Crippen molar-refractivity contribution in [2.75, 3.05) is 13.7 Å². The Morgan fingerprint density at radius 1 is 1.33 bits per heavy atom. The molecule has 7 heteroatoms. The minimum Gasteiger partial charge on any atom is -0.432 e. The van der Waals surface area contributed by atoms with Gasteiger partial charge in [-0.3, -0.25) is 5.26 Å². The van der Waals surface area contributed by atoms with Crippen LogP contribution in [0.15, 0.2) is 47.8 Å². The lowest BCUT2D eigenvalue weighted by Crippen LogP contribution is -2.53. The van der Waals surface area contributed by atoms with Crippen LogP contribution in [0.25, 0.3) is 0 Å². The summed E-state index contributed by atoms with van der Waals surface area (Å²) in [6.45, 7) is 11.9. The molecule has 0 radical (unpaired) electrons. The Labute approximate surface area is 197 Å². The lowest BCUT2D eigenvalue weighted by atomic mass is 9.58. The first-order chi connectivity index (χ1) is 15.4. The molecule has 2 aliphatic heterocycles. The lowest BCUT2D eigenvalue weighted by molar-refractivity contribution is -0.297. The van der Waals surface area contributed by atoms with Crippen molar-refractivity contribution in [1.82, 2.24) is 0 Å². The van der Waals surface area contributed by atoms with Crippen molar-refractivity contribution in [2.45, 2.75) is 83.9 Å². The molecule has 2 fully saturated rings. The second kappa shape index (κ2) is 9.47. The molecule has 5 unspecified atom stereocenters. The minimum absolute atomic E-state index is 0.142. The Hall–Kier alpha value is -1.77. The molecule has 0 saturated carbocycles. The van der Waals surface area contributed by atoms with E-state index < -0.39 is 23.0 Å². The maximum atomic E-state index is 12.1. The van der Waals surface area contributed by atoms with Crippen LogP contribution in [0.5, 0.6) is 0 Å². The highest BCUT2D eigenvalue weighted by Crippen LogP contribution is 2.60. The van der Waals surface area contributed by atoms with E-state index in [-0.39, 0.29) is 17.4 Å². The predicted molar refractivity (Wildman–Crippen MR) is 124 cm³/mol. The largest absolute Gasteiger partial charge is 0.432 e. The van der Waals surface area contributed by atoms with Crippen molar-refractivity contribution in [2.24, 2.45) is 11.3 Å². The minimum atomic E-state index is -0.785. The molecule has 184 valence electrons. The molecule has 1 N–H and O–H groups in total. The Kier molecular flexibility index (Phi) is 7.42. The third-order valence-corrected chi connectivity index (χ3v) is 7.02. The van der Waals surface area contributed by atoms with E-state index in [1.807, 2.05) is 39.0 Å². The summed E-state index contributed by atoms with van der Waals surface area (Å²) in [6, 6.07) is 0. The summed E-state index contributed by atoms with van der Waals surface area (Å²) in [6.07, 6.45) is 12.9. The van der Waals surface area contributed by atoms with Gasteiger partial charge in [0.05, 0.1) is 19.0 Å². The van der Waals surface area contributed by atoms with E-state index in [2.05, 4.69) is 17.9 Å². The Bertz CT molecular complexity index is 866. The molecule has 3 rings (SSSR count). The fourth-order valence-corrected chi connectivity index (χ4v) is 5.20. The van der Waals surface area contributed by atoms with Crippen molar-refractivity contribution in [3.63, 3.8) is 0 Å². The summed E-state index contributed by atoms with van der Waals surface area (Å²) >= 11 is 0. The first-order valence-corrected chi connectivity index (χ1v) is 11.5. The zero-order chi connectivity index (χ0) is 24.5. The van der Waals surface area contributed by atoms with Gasteiger partial charge in [0.2, 0.25) is 0 Å². The zero-order valence-electron chi connectivity index (χ0n) is 20.8. The van der Waals surface area contributed by atoms with Crippen LogP contribution in [-0.2, 0) is 28.6 Å². The highest BCUT2D eigenvalue weighted by Gasteiger charge is 2.67. The van der Waals surface area contributed by atoms with Crippen molar-refractivity contribution in [3.05, 3.63) is 47.8 Å². The molecule has 1 spiro atoms. The average Bonchev–Trinajstić information content (AvgIpc) is 3.21. The highest BCUT2D eigenvalue weighted by atomic mass is 17.1. The van der Waals surface area contributed by atoms with Gasteiger partial charge in [0.15, 0.2) is 5.79 Å². The van der Waals surface area contributed by atoms with Crippen LogP contribution < -0.4 is 0 Å². The van der Waals surface area contributed by atoms with Crippen molar-refractivity contribution >= 4 is 5.97 Å². The molecule has 5 atom stereocenters. The average molecular weight is 463 g/mol. The molecule has 2 saturated heterocycles. The molecule has 2 heterocycles. The van der Waals surface area contributed by atoms with Crippen LogP contribution >= 0.6 is 0 Å². The second-order valence-corrected chi connectivity index (χ2v) is 10.6. The number of methoxy groups -OCH3 is 1. The third kappa shape index (κ3) is 5.17. The summed E-state index contributed by atoms with van der Waals surface area (Å²) in [7, 11) is 1.65. The number of allylic oxidation sites excluding steroid dienone is 3. The zero-order valence-corrected chi connectivity index (χ0v) is 20.8. The number of hydrogen-bond acceptors (Lipinski definition) is 7. The van der Waals surface area contributed by atoms with Crippen molar-refractivity contribution in [3.8, 4) is 0 Å². The summed E-state index contributed by atoms with van der Waals surface area (Å²) in [5.74, 6) is -1.32. The van der Waals surface area contributed by atoms with Gasteiger partial charge in [-0.15, -0.1) is 0 Å². The highest BCUT2D eigenvalue weighted by molar-refractivity contribution is 5.83. The van der Waals surface area contributed by atoms with Gasteiger partial charge in [0, 0.05) is 25.5 Å². The summed E-state index contributed by atoms with van der Waals surface area (Å²) < 4.78 is 24.0. The van der Waals surface area contributed by atoms with E-state index in [9.17, 15) is 4.79 Å². The summed E-state index contributed by atoms with van der Waals surface area (Å²) in [4.78, 5) is 16.6. The van der Waals surface area contributed by atoms with E-state index in [4.69, 9.17) is 24.2 Å². The van der Waals surface area contributed by atoms with Crippen LogP contribution in [0.3, 0.4) is 0 Å². The molecular formula is C26H38O7. The lowest BCUT2D eigenvalue weighted by Gasteiger charge is -2.49. The fraction of sp³-hybridized carbons (Fsp3) is 0.654. The van der Waals surface area contributed by atoms with E-state index in [1.165, 1.54) is 12.3 Å². The summed E-state index contributed by atoms with van der Waals surface area (Å²) in [5.41, 5.74) is 0.230. The number of carbonyl (C=O) groups is 1. The van der Waals surface area contributed by atoms with Crippen LogP contribution in [0.4, 0.5) is 0 Å². The summed E-state index contributed by atoms with van der Waals surface area (Å²) in [5, 5.41) is 9.13. The van der Waals surface area contributed by atoms with Gasteiger partial charge in [0.1, 0.15) is 11.2 Å². The first kappa shape index (κ1) is 25.8. The Morgan fingerprint density at radius 2 is 2.06 bits per heavy atom. The topological polar surface area (TPSA) is 83.5 Å². The number of ether oxygens (including phenoxy) is 4. The maximum Gasteiger partial charge on any atom is 0.335 e. The van der Waals surface area contributed by atoms with Gasteiger partial charge in [-0.05, 0) is 64.5 Å². The van der Waals surface area contributed by atoms with E-state index in [0.717, 1.165) is 17.6 Å². The fourth-order valence-electron chi connectivity index (χ4n) is 5.20. The standard InChI is InChI=1S/C26H38O7/c1-18(2)15-22(27)30-14-10-20-24(5,12-8-11-23(3,4)33-28)13-9-19-17-31-21-16-25(6,29-7)32-26(19,20)21/h8-11,14-15,20-21,28H,12-13,16-17H2,1-7H3. The quantitative estimate of drug-likeness (QED) is 0.134. The van der Waals surface area contributed by atoms with E-state index in [1.54, 1.807) is 21.0 Å². The van der Waals surface area contributed by atoms with Crippen molar-refractivity contribution in [1.29, 1.82) is 0 Å². The molecule has 0 aromatic rings. The Morgan fingerprint density at radius 3 is 2.70 bits per heavy atom. The number of hydrogen-bond donors (Lipinski definition) is 1. The predicted octanol–water partition coefficient (Wildman–Crippen LogP) is 5.10. The SMILES string of the molecule is COC1(C)CC2OCC3=CCC(C)(CC=CC(C)(C)OO)C(C=COC(=O)C=C(C)C)C32O1. The number of carbonyl (C=O) groups excluding carboxylic acids is 1. The van der Waals surface area contributed by atoms with Crippen LogP contribution in [-0.4, -0.2) is 48.0 Å². The molecule has 0 bridgehead atoms. The molecule has 1 aliphatic carbocycles. The second-order valence-electron chi connectivity index (χ2n) is 10.6. The number of rotatable bonds is 8. The smallest absolute Gasteiger partial charge is 0.335 e. The third-order valence-electron chi connectivity index (χ3n) is 7.02. The number of esters is 1. The Balaban J connectivity index is 1.98. The maximum absolute atomic E-state index is 12.1. The first-order valence-electron chi connectivity index (χ1n) is 11.5. The van der Waals surface area contributed by atoms with Gasteiger partial charge in [-0.2, -0.15) is 0 Å². The molecule has 0 aromatic heterocycles. The molecule has 33 heavy (non-hydrogen) atoms. The van der Waals surface area contributed by atoms with Gasteiger partial charge >= 0.3 is 5.97 Å². The molecule has 0 amide bonds. The van der Waals surface area contributed by atoms with Gasteiger partial charge < -0.3 is 18.9 Å². The van der Waals surface area contributed by atoms with Gasteiger partial charge in [0.25, 0.3) is 0 Å². The van der Waals surface area contributed by atoms with E-state index in [0.29, 0.717) is 19.4 Å². The molecule has 3 aliphatic rings. The van der Waals surface area contributed by atoms with Crippen LogP contribution in [0.1, 0.15) is 60.8 Å². The van der Waals surface area contributed by atoms with Crippen molar-refractivity contribution < 1.29 is 33.9 Å².